The van der Waals surface area contributed by atoms with Crippen molar-refractivity contribution in [1.29, 1.82) is 0 Å². The highest BCUT2D eigenvalue weighted by Crippen LogP contribution is 2.00. The van der Waals surface area contributed by atoms with Crippen LogP contribution in [-0.4, -0.2) is 31.1 Å². The Morgan fingerprint density at radius 3 is 3.00 bits per heavy atom. The molecule has 0 bridgehead atoms. The normalized spacial score (nSPS) is 11.0. The fraction of sp³-hybridized carbons (Fsp3) is 0.583. The van der Waals surface area contributed by atoms with Gasteiger partial charge in [-0.15, -0.1) is 0 Å². The number of hydrogen-bond donors (Lipinski definition) is 1. The summed E-state index contributed by atoms with van der Waals surface area (Å²) < 4.78 is 3.77. The van der Waals surface area contributed by atoms with Crippen molar-refractivity contribution in [1.82, 2.24) is 29.9 Å². The standard InChI is InChI=1S/C12H20N6/c1-3-6-13-9-12-14-10-18(16-12)8-5-11-4-7-15-17(11)2/h4,7,10,13H,3,5-6,8-9H2,1-2H3. The Hall–Kier alpha value is -1.69. The molecule has 0 aliphatic heterocycles. The minimum absolute atomic E-state index is 0.743. The van der Waals surface area contributed by atoms with Gasteiger partial charge in [0.1, 0.15) is 6.33 Å². The molecule has 0 aromatic carbocycles. The van der Waals surface area contributed by atoms with Gasteiger partial charge in [0.2, 0.25) is 0 Å². The van der Waals surface area contributed by atoms with E-state index in [1.807, 2.05) is 28.7 Å². The van der Waals surface area contributed by atoms with Crippen LogP contribution in [0.4, 0.5) is 0 Å². The van der Waals surface area contributed by atoms with Gasteiger partial charge in [0.05, 0.1) is 6.54 Å². The quantitative estimate of drug-likeness (QED) is 0.735. The second-order valence-corrected chi connectivity index (χ2v) is 4.30. The fourth-order valence-corrected chi connectivity index (χ4v) is 1.77. The number of aromatic nitrogens is 5. The van der Waals surface area contributed by atoms with Gasteiger partial charge < -0.3 is 5.32 Å². The summed E-state index contributed by atoms with van der Waals surface area (Å²) in [4.78, 5) is 4.28. The van der Waals surface area contributed by atoms with E-state index in [4.69, 9.17) is 0 Å². The van der Waals surface area contributed by atoms with Crippen LogP contribution < -0.4 is 5.32 Å². The highest BCUT2D eigenvalue weighted by Gasteiger charge is 2.02. The maximum Gasteiger partial charge on any atom is 0.164 e. The zero-order valence-corrected chi connectivity index (χ0v) is 11.0. The lowest BCUT2D eigenvalue weighted by Gasteiger charge is -2.02. The van der Waals surface area contributed by atoms with Crippen LogP contribution in [-0.2, 0) is 26.6 Å². The predicted molar refractivity (Wildman–Crippen MR) is 68.9 cm³/mol. The Kier molecular flexibility index (Phi) is 4.46. The van der Waals surface area contributed by atoms with Gasteiger partial charge in [-0.1, -0.05) is 6.92 Å². The van der Waals surface area contributed by atoms with Gasteiger partial charge in [-0.05, 0) is 19.0 Å². The number of aryl methyl sites for hydroxylation is 3. The first-order valence-electron chi connectivity index (χ1n) is 6.35. The van der Waals surface area contributed by atoms with E-state index in [1.165, 1.54) is 5.69 Å². The lowest BCUT2D eigenvalue weighted by atomic mass is 10.3. The average molecular weight is 248 g/mol. The molecular formula is C12H20N6. The summed E-state index contributed by atoms with van der Waals surface area (Å²) in [5.41, 5.74) is 1.20. The third-order valence-electron chi connectivity index (χ3n) is 2.81. The maximum absolute atomic E-state index is 4.42. The smallest absolute Gasteiger partial charge is 0.164 e. The largest absolute Gasteiger partial charge is 0.310 e. The van der Waals surface area contributed by atoms with Crippen molar-refractivity contribution in [3.63, 3.8) is 0 Å². The minimum atomic E-state index is 0.743. The third-order valence-corrected chi connectivity index (χ3v) is 2.81. The van der Waals surface area contributed by atoms with E-state index in [0.717, 1.165) is 38.3 Å². The molecule has 98 valence electrons. The van der Waals surface area contributed by atoms with E-state index in [0.29, 0.717) is 0 Å². The molecule has 2 aromatic rings. The Morgan fingerprint density at radius 1 is 1.39 bits per heavy atom. The van der Waals surface area contributed by atoms with Gasteiger partial charge in [0.15, 0.2) is 5.82 Å². The van der Waals surface area contributed by atoms with Crippen molar-refractivity contribution in [2.75, 3.05) is 6.54 Å². The van der Waals surface area contributed by atoms with Crippen molar-refractivity contribution < 1.29 is 0 Å². The zero-order chi connectivity index (χ0) is 12.8. The van der Waals surface area contributed by atoms with Crippen molar-refractivity contribution in [3.8, 4) is 0 Å². The highest BCUT2D eigenvalue weighted by atomic mass is 15.3. The van der Waals surface area contributed by atoms with Crippen LogP contribution in [0, 0.1) is 0 Å². The molecule has 2 aromatic heterocycles. The Bertz CT molecular complexity index is 472. The van der Waals surface area contributed by atoms with Gasteiger partial charge in [0, 0.05) is 31.9 Å². The monoisotopic (exact) mass is 248 g/mol. The van der Waals surface area contributed by atoms with Crippen LogP contribution in [0.2, 0.25) is 0 Å². The number of hydrogen-bond acceptors (Lipinski definition) is 4. The molecule has 2 rings (SSSR count). The molecule has 0 radical (unpaired) electrons. The fourth-order valence-electron chi connectivity index (χ4n) is 1.77. The van der Waals surface area contributed by atoms with E-state index >= 15 is 0 Å². The molecule has 0 saturated heterocycles. The molecule has 1 N–H and O–H groups in total. The molecule has 0 unspecified atom stereocenters. The summed E-state index contributed by atoms with van der Waals surface area (Å²) in [6.45, 7) is 4.73. The molecule has 0 aliphatic carbocycles. The Labute approximate surface area is 107 Å². The minimum Gasteiger partial charge on any atom is -0.310 e. The average Bonchev–Trinajstić information content (AvgIpc) is 2.96. The molecule has 0 amide bonds. The molecule has 0 atom stereocenters. The van der Waals surface area contributed by atoms with Gasteiger partial charge in [-0.2, -0.15) is 10.2 Å². The second kappa shape index (κ2) is 6.30. The molecule has 0 aliphatic rings. The van der Waals surface area contributed by atoms with Crippen LogP contribution >= 0.6 is 0 Å². The molecule has 0 fully saturated rings. The zero-order valence-electron chi connectivity index (χ0n) is 11.0. The van der Waals surface area contributed by atoms with E-state index in [2.05, 4.69) is 27.4 Å². The Balaban J connectivity index is 1.81. The first-order chi connectivity index (χ1) is 8.79. The van der Waals surface area contributed by atoms with E-state index < -0.39 is 0 Å². The van der Waals surface area contributed by atoms with Gasteiger partial charge in [-0.3, -0.25) is 9.36 Å². The van der Waals surface area contributed by atoms with E-state index in [9.17, 15) is 0 Å². The summed E-state index contributed by atoms with van der Waals surface area (Å²) in [5, 5.41) is 11.9. The van der Waals surface area contributed by atoms with Crippen molar-refractivity contribution in [2.24, 2.45) is 7.05 Å². The summed E-state index contributed by atoms with van der Waals surface area (Å²) >= 11 is 0. The summed E-state index contributed by atoms with van der Waals surface area (Å²) in [7, 11) is 1.96. The third kappa shape index (κ3) is 3.40. The van der Waals surface area contributed by atoms with Crippen LogP contribution in [0.3, 0.4) is 0 Å². The molecular weight excluding hydrogens is 228 g/mol. The number of nitrogens with zero attached hydrogens (tertiary/aromatic N) is 5. The summed E-state index contributed by atoms with van der Waals surface area (Å²) in [5.74, 6) is 0.855. The molecule has 6 nitrogen and oxygen atoms in total. The van der Waals surface area contributed by atoms with Gasteiger partial charge in [0.25, 0.3) is 0 Å². The number of nitrogens with one attached hydrogen (secondary N) is 1. The van der Waals surface area contributed by atoms with Crippen molar-refractivity contribution in [3.05, 3.63) is 30.1 Å². The topological polar surface area (TPSA) is 60.6 Å². The molecule has 0 saturated carbocycles. The van der Waals surface area contributed by atoms with Gasteiger partial charge >= 0.3 is 0 Å². The maximum atomic E-state index is 4.42. The predicted octanol–water partition coefficient (Wildman–Crippen LogP) is 0.754. The lowest BCUT2D eigenvalue weighted by molar-refractivity contribution is 0.571. The summed E-state index contributed by atoms with van der Waals surface area (Å²) in [6.07, 6.45) is 5.65. The van der Waals surface area contributed by atoms with Crippen LogP contribution in [0.25, 0.3) is 0 Å². The first kappa shape index (κ1) is 12.8. The van der Waals surface area contributed by atoms with E-state index in [1.54, 1.807) is 6.33 Å². The van der Waals surface area contributed by atoms with Gasteiger partial charge in [-0.25, -0.2) is 4.98 Å². The van der Waals surface area contributed by atoms with Crippen molar-refractivity contribution >= 4 is 0 Å². The summed E-state index contributed by atoms with van der Waals surface area (Å²) in [6, 6.07) is 2.03. The second-order valence-electron chi connectivity index (χ2n) is 4.30. The van der Waals surface area contributed by atoms with Crippen LogP contribution in [0.1, 0.15) is 24.9 Å². The first-order valence-corrected chi connectivity index (χ1v) is 6.35. The Morgan fingerprint density at radius 2 is 2.28 bits per heavy atom. The molecule has 6 heteroatoms. The van der Waals surface area contributed by atoms with Crippen LogP contribution in [0.5, 0.6) is 0 Å². The molecule has 18 heavy (non-hydrogen) atoms. The lowest BCUT2D eigenvalue weighted by Crippen LogP contribution is -2.15. The number of rotatable bonds is 7. The molecule has 0 spiro atoms. The van der Waals surface area contributed by atoms with E-state index in [-0.39, 0.29) is 0 Å². The highest BCUT2D eigenvalue weighted by molar-refractivity contribution is 4.99. The SMILES string of the molecule is CCCNCc1ncn(CCc2ccnn2C)n1. The van der Waals surface area contributed by atoms with Crippen LogP contribution in [0.15, 0.2) is 18.6 Å². The van der Waals surface area contributed by atoms with Crippen molar-refractivity contribution in [2.45, 2.75) is 32.9 Å². The molecule has 2 heterocycles.